The van der Waals surface area contributed by atoms with E-state index >= 15 is 0 Å². The number of fused-ring (bicyclic) bond motifs is 2. The highest BCUT2D eigenvalue weighted by Crippen LogP contribution is 2.32. The Morgan fingerprint density at radius 1 is 0.974 bits per heavy atom. The lowest BCUT2D eigenvalue weighted by atomic mass is 10.0. The molecule has 0 saturated carbocycles. The highest BCUT2D eigenvalue weighted by atomic mass is 16.4. The minimum atomic E-state index is -1.29. The zero-order chi connectivity index (χ0) is 27.2. The van der Waals surface area contributed by atoms with Crippen molar-refractivity contribution in [2.75, 3.05) is 22.9 Å². The Bertz CT molecular complexity index is 1420. The Morgan fingerprint density at radius 3 is 2.37 bits per heavy atom. The van der Waals surface area contributed by atoms with Crippen LogP contribution in [0.4, 0.5) is 11.4 Å². The Kier molecular flexibility index (Phi) is 7.76. The van der Waals surface area contributed by atoms with E-state index in [0.717, 1.165) is 10.3 Å². The molecule has 4 amide bonds. The average molecular weight is 517 g/mol. The van der Waals surface area contributed by atoms with Crippen molar-refractivity contribution >= 4 is 58.5 Å². The summed E-state index contributed by atoms with van der Waals surface area (Å²) in [5, 5.41) is 15.4. The molecule has 1 heterocycles. The van der Waals surface area contributed by atoms with Crippen LogP contribution in [0.1, 0.15) is 16.8 Å². The van der Waals surface area contributed by atoms with E-state index in [1.807, 2.05) is 18.2 Å². The maximum absolute atomic E-state index is 13.7. The fourth-order valence-corrected chi connectivity index (χ4v) is 4.36. The molecular formula is C27H24N4O7. The van der Waals surface area contributed by atoms with Crippen LogP contribution in [-0.2, 0) is 24.0 Å². The Hall–Kier alpha value is -5.06. The third-order valence-corrected chi connectivity index (χ3v) is 6.10. The number of carbonyl (C=O) groups is 6. The van der Waals surface area contributed by atoms with Gasteiger partial charge in [-0.3, -0.25) is 28.9 Å². The highest BCUT2D eigenvalue weighted by molar-refractivity contribution is 6.12. The summed E-state index contributed by atoms with van der Waals surface area (Å²) in [4.78, 5) is 76.3. The summed E-state index contributed by atoms with van der Waals surface area (Å²) in [6.07, 6.45) is 0.204. The number of hydrogen-bond donors (Lipinski definition) is 3. The summed E-state index contributed by atoms with van der Waals surface area (Å²) < 4.78 is 0. The maximum Gasteiger partial charge on any atom is 0.305 e. The zero-order valence-corrected chi connectivity index (χ0v) is 20.1. The third-order valence-electron chi connectivity index (χ3n) is 6.10. The minimum Gasteiger partial charge on any atom is -0.481 e. The number of carboxylic acid groups (broad SMARTS) is 1. The van der Waals surface area contributed by atoms with E-state index in [1.54, 1.807) is 48.5 Å². The molecular weight excluding hydrogens is 492 g/mol. The van der Waals surface area contributed by atoms with Gasteiger partial charge in [-0.15, -0.1) is 0 Å². The summed E-state index contributed by atoms with van der Waals surface area (Å²) in [7, 11) is 0. The summed E-state index contributed by atoms with van der Waals surface area (Å²) in [6.45, 7) is -0.767. The second-order valence-corrected chi connectivity index (χ2v) is 8.63. The van der Waals surface area contributed by atoms with Crippen molar-refractivity contribution in [1.82, 2.24) is 10.6 Å². The van der Waals surface area contributed by atoms with Gasteiger partial charge >= 0.3 is 5.97 Å². The number of carboxylic acids is 1. The SMILES string of the molecule is O=CC(CC(=O)O)NC(=O)CN1C(=O)C(NC(=O)c2cccc3ccccc23)CN(C=O)c2ccccc21. The molecule has 1 aliphatic heterocycles. The first-order valence-corrected chi connectivity index (χ1v) is 11.7. The number of benzene rings is 3. The first-order valence-electron chi connectivity index (χ1n) is 11.7. The minimum absolute atomic E-state index is 0.191. The first kappa shape index (κ1) is 26.0. The summed E-state index contributed by atoms with van der Waals surface area (Å²) in [6, 6.07) is 16.4. The Balaban J connectivity index is 1.64. The lowest BCUT2D eigenvalue weighted by Gasteiger charge is -2.25. The number of hydrogen-bond acceptors (Lipinski definition) is 6. The molecule has 2 unspecified atom stereocenters. The van der Waals surface area contributed by atoms with Crippen LogP contribution in [0.5, 0.6) is 0 Å². The summed E-state index contributed by atoms with van der Waals surface area (Å²) in [5.74, 6) is -3.27. The van der Waals surface area contributed by atoms with Gasteiger partial charge in [0.2, 0.25) is 12.3 Å². The second-order valence-electron chi connectivity index (χ2n) is 8.63. The fraction of sp³-hybridized carbons (Fsp3) is 0.185. The molecule has 11 nitrogen and oxygen atoms in total. The van der Waals surface area contributed by atoms with Crippen molar-refractivity contribution in [3.8, 4) is 0 Å². The predicted molar refractivity (Wildman–Crippen MR) is 138 cm³/mol. The maximum atomic E-state index is 13.7. The monoisotopic (exact) mass is 516 g/mol. The van der Waals surface area contributed by atoms with E-state index in [0.29, 0.717) is 29.3 Å². The van der Waals surface area contributed by atoms with Crippen molar-refractivity contribution in [2.45, 2.75) is 18.5 Å². The van der Waals surface area contributed by atoms with Gasteiger partial charge in [0.05, 0.1) is 30.4 Å². The van der Waals surface area contributed by atoms with Crippen molar-refractivity contribution in [3.05, 3.63) is 72.3 Å². The second kappa shape index (κ2) is 11.3. The Labute approximate surface area is 217 Å². The Morgan fingerprint density at radius 2 is 1.66 bits per heavy atom. The van der Waals surface area contributed by atoms with Gasteiger partial charge in [0.15, 0.2) is 0 Å². The lowest BCUT2D eigenvalue weighted by Crippen LogP contribution is -2.54. The van der Waals surface area contributed by atoms with Gasteiger partial charge < -0.3 is 25.4 Å². The number of amides is 4. The molecule has 3 aromatic rings. The summed E-state index contributed by atoms with van der Waals surface area (Å²) >= 11 is 0. The van der Waals surface area contributed by atoms with Crippen LogP contribution in [0.15, 0.2) is 66.7 Å². The molecule has 194 valence electrons. The van der Waals surface area contributed by atoms with Gasteiger partial charge in [0.1, 0.15) is 18.9 Å². The average Bonchev–Trinajstić information content (AvgIpc) is 3.02. The standard InChI is InChI=1S/C27H24N4O7/c32-15-18(12-25(35)36)28-24(34)14-31-23-11-4-3-10-22(23)30(16-33)13-21(27(31)38)29-26(37)20-9-5-7-17-6-1-2-8-19(17)20/h1-11,15-16,18,21H,12-14H2,(H,28,34)(H,29,37)(H,35,36). The zero-order valence-electron chi connectivity index (χ0n) is 20.1. The van der Waals surface area contributed by atoms with Gasteiger partial charge in [-0.25, -0.2) is 0 Å². The van der Waals surface area contributed by atoms with Gasteiger partial charge in [0, 0.05) is 5.56 Å². The van der Waals surface area contributed by atoms with E-state index in [4.69, 9.17) is 5.11 Å². The number of aldehydes is 1. The van der Waals surface area contributed by atoms with Crippen LogP contribution in [0.25, 0.3) is 10.8 Å². The number of para-hydroxylation sites is 2. The largest absolute Gasteiger partial charge is 0.481 e. The molecule has 1 aliphatic rings. The number of anilines is 2. The van der Waals surface area contributed by atoms with Gasteiger partial charge in [-0.05, 0) is 29.0 Å². The number of nitrogens with one attached hydrogen (secondary N) is 2. The molecule has 0 aliphatic carbocycles. The molecule has 38 heavy (non-hydrogen) atoms. The van der Waals surface area contributed by atoms with Crippen molar-refractivity contribution < 1.29 is 33.9 Å². The molecule has 0 aromatic heterocycles. The first-order chi connectivity index (χ1) is 18.3. The predicted octanol–water partition coefficient (Wildman–Crippen LogP) is 1.11. The topological polar surface area (TPSA) is 153 Å². The van der Waals surface area contributed by atoms with Gasteiger partial charge in [-0.2, -0.15) is 0 Å². The molecule has 11 heteroatoms. The van der Waals surface area contributed by atoms with Crippen molar-refractivity contribution in [2.24, 2.45) is 0 Å². The van der Waals surface area contributed by atoms with E-state index in [-0.39, 0.29) is 12.2 Å². The smallest absolute Gasteiger partial charge is 0.305 e. The molecule has 4 rings (SSSR count). The number of aliphatic carboxylic acids is 1. The van der Waals surface area contributed by atoms with Crippen LogP contribution >= 0.6 is 0 Å². The molecule has 0 bridgehead atoms. The van der Waals surface area contributed by atoms with E-state index in [1.165, 1.54) is 4.90 Å². The molecule has 0 spiro atoms. The molecule has 3 N–H and O–H groups in total. The van der Waals surface area contributed by atoms with Crippen LogP contribution in [0.2, 0.25) is 0 Å². The quantitative estimate of drug-likeness (QED) is 0.360. The van der Waals surface area contributed by atoms with Crippen LogP contribution in [-0.4, -0.2) is 66.7 Å². The van der Waals surface area contributed by atoms with Crippen LogP contribution < -0.4 is 20.4 Å². The van der Waals surface area contributed by atoms with Crippen LogP contribution in [0, 0.1) is 0 Å². The summed E-state index contributed by atoms with van der Waals surface area (Å²) in [5.41, 5.74) is 0.910. The van der Waals surface area contributed by atoms with E-state index < -0.39 is 48.7 Å². The van der Waals surface area contributed by atoms with E-state index in [2.05, 4.69) is 10.6 Å². The van der Waals surface area contributed by atoms with Gasteiger partial charge in [0.25, 0.3) is 11.8 Å². The van der Waals surface area contributed by atoms with Gasteiger partial charge in [-0.1, -0.05) is 48.5 Å². The van der Waals surface area contributed by atoms with Crippen LogP contribution in [0.3, 0.4) is 0 Å². The molecule has 2 atom stereocenters. The number of carbonyl (C=O) groups excluding carboxylic acids is 5. The molecule has 0 radical (unpaired) electrons. The molecule has 0 saturated heterocycles. The van der Waals surface area contributed by atoms with Crippen molar-refractivity contribution in [1.29, 1.82) is 0 Å². The van der Waals surface area contributed by atoms with Crippen molar-refractivity contribution in [3.63, 3.8) is 0 Å². The lowest BCUT2D eigenvalue weighted by molar-refractivity contribution is -0.138. The normalized spacial score (nSPS) is 15.7. The molecule has 0 fully saturated rings. The van der Waals surface area contributed by atoms with E-state index in [9.17, 15) is 28.8 Å². The number of nitrogens with zero attached hydrogens (tertiary/aromatic N) is 2. The fourth-order valence-electron chi connectivity index (χ4n) is 4.36. The third kappa shape index (κ3) is 5.51. The number of rotatable bonds is 9. The molecule has 3 aromatic carbocycles. The highest BCUT2D eigenvalue weighted by Gasteiger charge is 2.36.